The van der Waals surface area contributed by atoms with Crippen LogP contribution in [0.25, 0.3) is 0 Å². The maximum Gasteiger partial charge on any atom is 0.410 e. The molecule has 1 saturated carbocycles. The summed E-state index contributed by atoms with van der Waals surface area (Å²) in [7, 11) is 0. The highest BCUT2D eigenvalue weighted by Crippen LogP contribution is 2.43. The Bertz CT molecular complexity index is 693. The van der Waals surface area contributed by atoms with Gasteiger partial charge in [-0.25, -0.2) is 4.68 Å². The number of fused-ring (bicyclic) bond motifs is 1. The lowest BCUT2D eigenvalue weighted by Gasteiger charge is -2.41. The first-order chi connectivity index (χ1) is 12.2. The van der Waals surface area contributed by atoms with Crippen molar-refractivity contribution in [1.29, 1.82) is 0 Å². The standard InChI is InChI=1S/C18H25F3N4O/c1-10-7-13(10)17(26)24-5-3-12(4-6-24)14-9-15(18(19,20)21)25-16(22-14)8-11(2)23-25/h8,10,12-15,22H,3-7,9H2,1-2H3/t10-,13+,14+,15-/m1/s1. The molecule has 144 valence electrons. The molecule has 1 aromatic rings. The lowest BCUT2D eigenvalue weighted by molar-refractivity contribution is -0.174. The third kappa shape index (κ3) is 3.18. The number of carbonyl (C=O) groups is 1. The Balaban J connectivity index is 1.43. The van der Waals surface area contributed by atoms with Gasteiger partial charge in [-0.15, -0.1) is 0 Å². The number of nitrogens with zero attached hydrogens (tertiary/aromatic N) is 3. The molecule has 1 aromatic heterocycles. The van der Waals surface area contributed by atoms with Crippen LogP contribution >= 0.6 is 0 Å². The number of hydrogen-bond donors (Lipinski definition) is 1. The summed E-state index contributed by atoms with van der Waals surface area (Å²) in [5.74, 6) is 1.48. The molecule has 3 heterocycles. The summed E-state index contributed by atoms with van der Waals surface area (Å²) in [4.78, 5) is 14.3. The Morgan fingerprint density at radius 3 is 2.50 bits per heavy atom. The Morgan fingerprint density at radius 2 is 1.92 bits per heavy atom. The van der Waals surface area contributed by atoms with Crippen molar-refractivity contribution in [2.24, 2.45) is 17.8 Å². The molecule has 0 aromatic carbocycles. The summed E-state index contributed by atoms with van der Waals surface area (Å²) >= 11 is 0. The third-order valence-corrected chi connectivity index (χ3v) is 6.19. The molecule has 1 saturated heterocycles. The fourth-order valence-corrected chi connectivity index (χ4v) is 4.46. The van der Waals surface area contributed by atoms with E-state index >= 15 is 0 Å². The first-order valence-corrected chi connectivity index (χ1v) is 9.42. The van der Waals surface area contributed by atoms with E-state index in [9.17, 15) is 18.0 Å². The van der Waals surface area contributed by atoms with Crippen LogP contribution in [0.3, 0.4) is 0 Å². The van der Waals surface area contributed by atoms with Gasteiger partial charge in [0.15, 0.2) is 6.04 Å². The van der Waals surface area contributed by atoms with Crippen molar-refractivity contribution >= 4 is 11.7 Å². The number of hydrogen-bond acceptors (Lipinski definition) is 3. The molecule has 1 aliphatic carbocycles. The zero-order valence-corrected chi connectivity index (χ0v) is 15.1. The molecular formula is C18H25F3N4O. The number of carbonyl (C=O) groups excluding carboxylic acids is 1. The maximum atomic E-state index is 13.5. The van der Waals surface area contributed by atoms with Crippen molar-refractivity contribution in [2.45, 2.75) is 57.8 Å². The molecule has 3 aliphatic rings. The van der Waals surface area contributed by atoms with E-state index in [0.717, 1.165) is 23.9 Å². The average Bonchev–Trinajstić information content (AvgIpc) is 3.19. The second-order valence-corrected chi connectivity index (χ2v) is 8.14. The minimum absolute atomic E-state index is 0.00408. The van der Waals surface area contributed by atoms with E-state index in [0.29, 0.717) is 30.5 Å². The quantitative estimate of drug-likeness (QED) is 0.868. The summed E-state index contributed by atoms with van der Waals surface area (Å²) in [5.41, 5.74) is 0.585. The van der Waals surface area contributed by atoms with Crippen molar-refractivity contribution in [3.05, 3.63) is 11.8 Å². The average molecular weight is 370 g/mol. The molecule has 2 fully saturated rings. The van der Waals surface area contributed by atoms with Crippen LogP contribution in [0.5, 0.6) is 0 Å². The van der Waals surface area contributed by atoms with Crippen molar-refractivity contribution in [3.63, 3.8) is 0 Å². The van der Waals surface area contributed by atoms with Gasteiger partial charge in [0.25, 0.3) is 0 Å². The molecule has 0 bridgehead atoms. The van der Waals surface area contributed by atoms with Gasteiger partial charge < -0.3 is 10.2 Å². The van der Waals surface area contributed by atoms with Crippen LogP contribution in [0, 0.1) is 24.7 Å². The smallest absolute Gasteiger partial charge is 0.367 e. The number of aromatic nitrogens is 2. The SMILES string of the molecule is Cc1cc2n(n1)[C@@H](C(F)(F)F)C[C@@H](C1CCN(C(=O)[C@H]3C[C@H]3C)CC1)N2. The van der Waals surface area contributed by atoms with Crippen molar-refractivity contribution in [1.82, 2.24) is 14.7 Å². The fraction of sp³-hybridized carbons (Fsp3) is 0.778. The van der Waals surface area contributed by atoms with Crippen LogP contribution in [-0.4, -0.2) is 45.9 Å². The van der Waals surface area contributed by atoms with Crippen LogP contribution in [-0.2, 0) is 4.79 Å². The number of nitrogens with one attached hydrogen (secondary N) is 1. The van der Waals surface area contributed by atoms with Crippen molar-refractivity contribution in [3.8, 4) is 0 Å². The molecule has 0 radical (unpaired) electrons. The lowest BCUT2D eigenvalue weighted by atomic mass is 9.84. The van der Waals surface area contributed by atoms with Crippen LogP contribution in [0.1, 0.15) is 44.3 Å². The molecule has 4 atom stereocenters. The van der Waals surface area contributed by atoms with Crippen LogP contribution in [0.2, 0.25) is 0 Å². The molecule has 0 spiro atoms. The Morgan fingerprint density at radius 1 is 1.27 bits per heavy atom. The molecule has 2 aliphatic heterocycles. The van der Waals surface area contributed by atoms with Crippen LogP contribution < -0.4 is 5.32 Å². The summed E-state index contributed by atoms with van der Waals surface area (Å²) in [6.07, 6.45) is -1.84. The molecule has 1 amide bonds. The number of likely N-dealkylation sites (tertiary alicyclic amines) is 1. The Hall–Kier alpha value is -1.73. The van der Waals surface area contributed by atoms with E-state index in [2.05, 4.69) is 17.3 Å². The van der Waals surface area contributed by atoms with E-state index in [4.69, 9.17) is 0 Å². The Kier molecular flexibility index (Phi) is 4.19. The maximum absolute atomic E-state index is 13.5. The van der Waals surface area contributed by atoms with Gasteiger partial charge in [-0.2, -0.15) is 18.3 Å². The zero-order chi connectivity index (χ0) is 18.6. The highest BCUT2D eigenvalue weighted by molar-refractivity contribution is 5.81. The molecule has 1 N–H and O–H groups in total. The van der Waals surface area contributed by atoms with Gasteiger partial charge in [0.05, 0.1) is 5.69 Å². The first kappa shape index (κ1) is 17.7. The van der Waals surface area contributed by atoms with E-state index in [1.54, 1.807) is 13.0 Å². The summed E-state index contributed by atoms with van der Waals surface area (Å²) in [6.45, 7) is 5.10. The van der Waals surface area contributed by atoms with Crippen LogP contribution in [0.15, 0.2) is 6.07 Å². The lowest BCUT2D eigenvalue weighted by Crippen LogP contribution is -2.47. The topological polar surface area (TPSA) is 50.2 Å². The molecule has 4 rings (SSSR count). The first-order valence-electron chi connectivity index (χ1n) is 9.42. The number of halogens is 3. The number of piperidine rings is 1. The van der Waals surface area contributed by atoms with Gasteiger partial charge in [-0.1, -0.05) is 6.92 Å². The summed E-state index contributed by atoms with van der Waals surface area (Å²) < 4.78 is 41.7. The monoisotopic (exact) mass is 370 g/mol. The molecule has 8 heteroatoms. The van der Waals surface area contributed by atoms with Crippen molar-refractivity contribution in [2.75, 3.05) is 18.4 Å². The van der Waals surface area contributed by atoms with Gasteiger partial charge in [0.1, 0.15) is 5.82 Å². The number of alkyl halides is 3. The zero-order valence-electron chi connectivity index (χ0n) is 15.1. The van der Waals surface area contributed by atoms with E-state index < -0.39 is 12.2 Å². The number of anilines is 1. The second kappa shape index (κ2) is 6.16. The summed E-state index contributed by atoms with van der Waals surface area (Å²) in [5, 5.41) is 7.30. The van der Waals surface area contributed by atoms with Crippen LogP contribution in [0.4, 0.5) is 19.0 Å². The molecule has 26 heavy (non-hydrogen) atoms. The van der Waals surface area contributed by atoms with Gasteiger partial charge in [0.2, 0.25) is 5.91 Å². The van der Waals surface area contributed by atoms with Crippen molar-refractivity contribution < 1.29 is 18.0 Å². The highest BCUT2D eigenvalue weighted by atomic mass is 19.4. The molecule has 0 unspecified atom stereocenters. The highest BCUT2D eigenvalue weighted by Gasteiger charge is 2.48. The number of amides is 1. The number of aryl methyl sites for hydroxylation is 1. The van der Waals surface area contributed by atoms with E-state index in [1.807, 2.05) is 4.90 Å². The predicted molar refractivity (Wildman–Crippen MR) is 90.7 cm³/mol. The van der Waals surface area contributed by atoms with Gasteiger partial charge in [0, 0.05) is 31.1 Å². The minimum atomic E-state index is -4.31. The normalized spacial score (nSPS) is 32.1. The Labute approximate surface area is 150 Å². The second-order valence-electron chi connectivity index (χ2n) is 8.14. The minimum Gasteiger partial charge on any atom is -0.367 e. The van der Waals surface area contributed by atoms with E-state index in [1.165, 1.54) is 0 Å². The third-order valence-electron chi connectivity index (χ3n) is 6.19. The van der Waals surface area contributed by atoms with Gasteiger partial charge in [-0.3, -0.25) is 4.79 Å². The van der Waals surface area contributed by atoms with Gasteiger partial charge >= 0.3 is 6.18 Å². The van der Waals surface area contributed by atoms with Gasteiger partial charge in [-0.05, 0) is 44.4 Å². The predicted octanol–water partition coefficient (Wildman–Crippen LogP) is 3.37. The molecule has 5 nitrogen and oxygen atoms in total. The fourth-order valence-electron chi connectivity index (χ4n) is 4.46. The molecular weight excluding hydrogens is 345 g/mol. The summed E-state index contributed by atoms with van der Waals surface area (Å²) in [6, 6.07) is -0.135. The largest absolute Gasteiger partial charge is 0.410 e. The van der Waals surface area contributed by atoms with E-state index in [-0.39, 0.29) is 30.2 Å². The number of rotatable bonds is 2.